The fourth-order valence-electron chi connectivity index (χ4n) is 7.24. The molecule has 1 aliphatic rings. The van der Waals surface area contributed by atoms with Crippen molar-refractivity contribution in [3.8, 4) is 22.3 Å². The van der Waals surface area contributed by atoms with Gasteiger partial charge in [-0.05, 0) is 69.8 Å². The van der Waals surface area contributed by atoms with Crippen molar-refractivity contribution in [2.45, 2.75) is 19.3 Å². The number of anilines is 3. The molecular formula is C43H31NO. The average molecular weight is 583 g/mol. The highest BCUT2D eigenvalue weighted by atomic mass is 16.3. The molecule has 0 unspecified atom stereocenters. The van der Waals surface area contributed by atoms with Crippen molar-refractivity contribution in [1.82, 2.24) is 0 Å². The molecule has 1 aromatic heterocycles. The van der Waals surface area contributed by atoms with Gasteiger partial charge in [-0.2, -0.15) is 0 Å². The molecule has 1 aliphatic carbocycles. The van der Waals surface area contributed by atoms with E-state index >= 15 is 0 Å². The molecule has 0 amide bonds. The van der Waals surface area contributed by atoms with Crippen LogP contribution in [0.5, 0.6) is 0 Å². The predicted molar refractivity (Wildman–Crippen MR) is 189 cm³/mol. The third-order valence-electron chi connectivity index (χ3n) is 9.33. The molecule has 45 heavy (non-hydrogen) atoms. The van der Waals surface area contributed by atoms with Gasteiger partial charge in [0, 0.05) is 38.3 Å². The lowest BCUT2D eigenvalue weighted by Gasteiger charge is -2.29. The van der Waals surface area contributed by atoms with Gasteiger partial charge in [0.1, 0.15) is 11.2 Å². The van der Waals surface area contributed by atoms with Crippen LogP contribution >= 0.6 is 0 Å². The van der Waals surface area contributed by atoms with Crippen LogP contribution in [0.15, 0.2) is 156 Å². The maximum absolute atomic E-state index is 8.81. The second-order valence-corrected chi connectivity index (χ2v) is 12.2. The van der Waals surface area contributed by atoms with Crippen molar-refractivity contribution in [3.05, 3.63) is 163 Å². The summed E-state index contributed by atoms with van der Waals surface area (Å²) in [6.45, 7) is 4.57. The molecule has 0 fully saturated rings. The number of nitrogens with zero attached hydrogens (tertiary/aromatic N) is 1. The molecule has 0 saturated carbocycles. The Morgan fingerprint density at radius 3 is 2.13 bits per heavy atom. The topological polar surface area (TPSA) is 16.4 Å². The Balaban J connectivity index is 1.36. The van der Waals surface area contributed by atoms with Crippen LogP contribution in [0.1, 0.15) is 31.8 Å². The molecule has 214 valence electrons. The van der Waals surface area contributed by atoms with Gasteiger partial charge in [0.2, 0.25) is 0 Å². The molecule has 0 spiro atoms. The van der Waals surface area contributed by atoms with Crippen LogP contribution in [0.4, 0.5) is 17.1 Å². The number of fused-ring (bicyclic) bond motifs is 8. The third-order valence-corrected chi connectivity index (χ3v) is 9.33. The van der Waals surface area contributed by atoms with E-state index in [1.807, 2.05) is 48.5 Å². The van der Waals surface area contributed by atoms with E-state index in [-0.39, 0.29) is 35.1 Å². The van der Waals surface area contributed by atoms with Crippen LogP contribution in [0.25, 0.3) is 55.0 Å². The van der Waals surface area contributed by atoms with Gasteiger partial charge in [-0.15, -0.1) is 0 Å². The predicted octanol–water partition coefficient (Wildman–Crippen LogP) is 12.2. The zero-order chi connectivity index (χ0) is 34.5. The maximum atomic E-state index is 8.81. The summed E-state index contributed by atoms with van der Waals surface area (Å²) < 4.78 is 49.2. The second kappa shape index (κ2) is 9.70. The molecule has 0 N–H and O–H groups in total. The fraction of sp³-hybridized carbons (Fsp3) is 0.0698. The summed E-state index contributed by atoms with van der Waals surface area (Å²) in [5.41, 5.74) is 9.78. The van der Waals surface area contributed by atoms with Crippen LogP contribution in [0.3, 0.4) is 0 Å². The van der Waals surface area contributed by atoms with Crippen molar-refractivity contribution in [2.24, 2.45) is 0 Å². The van der Waals surface area contributed by atoms with Gasteiger partial charge in [-0.1, -0.05) is 129 Å². The van der Waals surface area contributed by atoms with Gasteiger partial charge < -0.3 is 9.32 Å². The minimum absolute atomic E-state index is 0.152. The van der Waals surface area contributed by atoms with Crippen LogP contribution in [-0.2, 0) is 5.41 Å². The van der Waals surface area contributed by atoms with Crippen molar-refractivity contribution in [2.75, 3.05) is 4.90 Å². The first-order valence-corrected chi connectivity index (χ1v) is 15.2. The number of furan rings is 1. The summed E-state index contributed by atoms with van der Waals surface area (Å²) in [6.07, 6.45) is 0. The van der Waals surface area contributed by atoms with Crippen LogP contribution in [-0.4, -0.2) is 0 Å². The lowest BCUT2D eigenvalue weighted by molar-refractivity contribution is 0.660. The van der Waals surface area contributed by atoms with Gasteiger partial charge in [-0.3, -0.25) is 0 Å². The highest BCUT2D eigenvalue weighted by Gasteiger charge is 2.36. The molecule has 9 rings (SSSR count). The second-order valence-electron chi connectivity index (χ2n) is 12.2. The maximum Gasteiger partial charge on any atom is 0.143 e. The lowest BCUT2D eigenvalue weighted by Crippen LogP contribution is -2.16. The Morgan fingerprint density at radius 2 is 1.29 bits per heavy atom. The first kappa shape index (κ1) is 21.2. The third kappa shape index (κ3) is 3.82. The summed E-state index contributed by atoms with van der Waals surface area (Å²) in [5, 5.41) is 3.41. The Hall–Kier alpha value is -5.60. The van der Waals surface area contributed by atoms with Gasteiger partial charge in [0.05, 0.1) is 12.5 Å². The minimum Gasteiger partial charge on any atom is -0.455 e. The standard InChI is InChI=1S/C43H31NO/c1-43(2)37-22-12-11-18-32(37)33-25-24-30(26-38(33)43)44(29-16-7-4-8-17-29)39-27-36-41-31(28-14-5-3-6-15-28)21-13-23-40(41)45-42(36)35-20-10-9-19-34(35)39/h3-27H,1-2H3/i3D,5D,6D,14D,15D. The molecule has 0 atom stereocenters. The smallest absolute Gasteiger partial charge is 0.143 e. The summed E-state index contributed by atoms with van der Waals surface area (Å²) in [5.74, 6) is 0. The van der Waals surface area contributed by atoms with Crippen LogP contribution in [0.2, 0.25) is 0 Å². The molecule has 7 aromatic carbocycles. The molecule has 8 aromatic rings. The zero-order valence-electron chi connectivity index (χ0n) is 29.9. The summed E-state index contributed by atoms with van der Waals surface area (Å²) in [7, 11) is 0. The van der Waals surface area contributed by atoms with E-state index in [9.17, 15) is 0 Å². The largest absolute Gasteiger partial charge is 0.455 e. The zero-order valence-corrected chi connectivity index (χ0v) is 24.9. The number of hydrogen-bond donors (Lipinski definition) is 0. The summed E-state index contributed by atoms with van der Waals surface area (Å²) in [4.78, 5) is 2.28. The fourth-order valence-corrected chi connectivity index (χ4v) is 7.24. The van der Waals surface area contributed by atoms with E-state index in [0.717, 1.165) is 33.2 Å². The summed E-state index contributed by atoms with van der Waals surface area (Å²) >= 11 is 0. The molecule has 0 aliphatic heterocycles. The van der Waals surface area contributed by atoms with Crippen molar-refractivity contribution < 1.29 is 11.3 Å². The van der Waals surface area contributed by atoms with Gasteiger partial charge in [-0.25, -0.2) is 0 Å². The Labute approximate surface area is 269 Å². The number of benzene rings is 7. The van der Waals surface area contributed by atoms with Crippen molar-refractivity contribution in [1.29, 1.82) is 0 Å². The van der Waals surface area contributed by atoms with Gasteiger partial charge in [0.15, 0.2) is 0 Å². The molecule has 0 bridgehead atoms. The van der Waals surface area contributed by atoms with E-state index in [1.165, 1.54) is 22.3 Å². The average Bonchev–Trinajstić information content (AvgIpc) is 3.63. The molecular weight excluding hydrogens is 546 g/mol. The quantitative estimate of drug-likeness (QED) is 0.205. The highest BCUT2D eigenvalue weighted by molar-refractivity contribution is 6.22. The first-order valence-electron chi connectivity index (χ1n) is 17.7. The molecule has 0 saturated heterocycles. The van der Waals surface area contributed by atoms with E-state index in [0.29, 0.717) is 22.1 Å². The molecule has 2 heteroatoms. The molecule has 1 heterocycles. The highest BCUT2D eigenvalue weighted by Crippen LogP contribution is 2.52. The summed E-state index contributed by atoms with van der Waals surface area (Å²) in [6, 6.07) is 39.9. The SMILES string of the molecule is [2H]c1c([2H])c([2H])c(-c2cccc3oc4c5ccccc5c(N(c5ccccc5)c5ccc6c(c5)C(C)(C)c5ccccc5-6)cc4c23)c([2H])c1[2H]. The van der Waals surface area contributed by atoms with Crippen LogP contribution < -0.4 is 4.90 Å². The van der Waals surface area contributed by atoms with E-state index in [4.69, 9.17) is 11.3 Å². The lowest BCUT2D eigenvalue weighted by atomic mass is 9.82. The van der Waals surface area contributed by atoms with Crippen LogP contribution in [0, 0.1) is 0 Å². The number of para-hydroxylation sites is 1. The van der Waals surface area contributed by atoms with Crippen molar-refractivity contribution in [3.63, 3.8) is 0 Å². The normalized spacial score (nSPS) is 14.8. The van der Waals surface area contributed by atoms with E-state index < -0.39 is 6.04 Å². The van der Waals surface area contributed by atoms with E-state index in [2.05, 4.69) is 91.5 Å². The number of hydrogen-bond acceptors (Lipinski definition) is 2. The molecule has 0 radical (unpaired) electrons. The number of rotatable bonds is 4. The van der Waals surface area contributed by atoms with Gasteiger partial charge in [0.25, 0.3) is 0 Å². The Bertz CT molecular complexity index is 2670. The van der Waals surface area contributed by atoms with Crippen molar-refractivity contribution >= 4 is 49.8 Å². The van der Waals surface area contributed by atoms with E-state index in [1.54, 1.807) is 0 Å². The minimum atomic E-state index is -0.416. The monoisotopic (exact) mass is 582 g/mol. The van der Waals surface area contributed by atoms with Gasteiger partial charge >= 0.3 is 0 Å². The molecule has 2 nitrogen and oxygen atoms in total. The Kier molecular flexibility index (Phi) is 4.56. The Morgan fingerprint density at radius 1 is 0.578 bits per heavy atom. The first-order chi connectivity index (χ1) is 24.2.